The first-order chi connectivity index (χ1) is 7.65. The van der Waals surface area contributed by atoms with Gasteiger partial charge in [0.2, 0.25) is 0 Å². The molecule has 0 bridgehead atoms. The Hall–Kier alpha value is -0.870. The molecular weight excluding hydrogens is 289 g/mol. The quantitative estimate of drug-likeness (QED) is 0.875. The molecule has 16 heavy (non-hydrogen) atoms. The highest BCUT2D eigenvalue weighted by Crippen LogP contribution is 2.21. The summed E-state index contributed by atoms with van der Waals surface area (Å²) in [5.74, 6) is -0.170. The van der Waals surface area contributed by atoms with Gasteiger partial charge in [-0.05, 0) is 57.6 Å². The largest absolute Gasteiger partial charge is 0.381 e. The van der Waals surface area contributed by atoms with Crippen LogP contribution in [0.25, 0.3) is 0 Å². The van der Waals surface area contributed by atoms with Gasteiger partial charge in [-0.25, -0.2) is 4.39 Å². The molecule has 0 amide bonds. The fourth-order valence-electron chi connectivity index (χ4n) is 1.35. The Bertz CT molecular complexity index is 496. The van der Waals surface area contributed by atoms with Gasteiger partial charge in [0.25, 0.3) is 0 Å². The third-order valence-corrected chi connectivity index (χ3v) is 3.84. The molecule has 1 aromatic heterocycles. The number of halogens is 2. The van der Waals surface area contributed by atoms with Crippen LogP contribution in [-0.2, 0) is 6.54 Å². The van der Waals surface area contributed by atoms with E-state index in [-0.39, 0.29) is 5.82 Å². The van der Waals surface area contributed by atoms with Crippen molar-refractivity contribution in [3.05, 3.63) is 50.4 Å². The Labute approximate surface area is 106 Å². The molecule has 0 aliphatic rings. The van der Waals surface area contributed by atoms with Gasteiger partial charge in [-0.15, -0.1) is 11.3 Å². The number of benzene rings is 1. The highest BCUT2D eigenvalue weighted by atomic mass is 79.9. The van der Waals surface area contributed by atoms with Crippen LogP contribution in [0.1, 0.15) is 11.1 Å². The molecule has 0 spiro atoms. The molecule has 0 aliphatic heterocycles. The molecular formula is C12H11BrFNS. The normalized spacial score (nSPS) is 10.4. The summed E-state index contributed by atoms with van der Waals surface area (Å²) in [5.41, 5.74) is 2.67. The average Bonchev–Trinajstić information content (AvgIpc) is 2.66. The van der Waals surface area contributed by atoms with E-state index in [2.05, 4.69) is 32.7 Å². The highest BCUT2D eigenvalue weighted by Gasteiger charge is 2.00. The van der Waals surface area contributed by atoms with Gasteiger partial charge >= 0.3 is 0 Å². The average molecular weight is 300 g/mol. The van der Waals surface area contributed by atoms with Crippen LogP contribution in [0.3, 0.4) is 0 Å². The van der Waals surface area contributed by atoms with Crippen molar-refractivity contribution in [2.24, 2.45) is 0 Å². The van der Waals surface area contributed by atoms with Gasteiger partial charge in [-0.2, -0.15) is 0 Å². The van der Waals surface area contributed by atoms with E-state index >= 15 is 0 Å². The number of anilines is 1. The molecule has 4 heteroatoms. The zero-order valence-corrected chi connectivity index (χ0v) is 11.2. The number of thiophene rings is 1. The van der Waals surface area contributed by atoms with E-state index in [4.69, 9.17) is 0 Å². The first-order valence-electron chi connectivity index (χ1n) is 4.88. The number of nitrogens with one attached hydrogen (secondary N) is 1. The second kappa shape index (κ2) is 4.97. The van der Waals surface area contributed by atoms with Gasteiger partial charge in [0.15, 0.2) is 0 Å². The van der Waals surface area contributed by atoms with Gasteiger partial charge in [-0.3, -0.25) is 0 Å². The lowest BCUT2D eigenvalue weighted by Crippen LogP contribution is -1.98. The van der Waals surface area contributed by atoms with Crippen molar-refractivity contribution in [2.45, 2.75) is 13.5 Å². The van der Waals surface area contributed by atoms with E-state index in [1.165, 1.54) is 11.6 Å². The topological polar surface area (TPSA) is 12.0 Å². The minimum atomic E-state index is -0.170. The molecule has 1 nitrogen and oxygen atoms in total. The zero-order chi connectivity index (χ0) is 11.5. The molecule has 2 rings (SSSR count). The summed E-state index contributed by atoms with van der Waals surface area (Å²) in [6.45, 7) is 2.47. The minimum absolute atomic E-state index is 0.170. The van der Waals surface area contributed by atoms with Gasteiger partial charge in [0, 0.05) is 12.2 Å². The van der Waals surface area contributed by atoms with Crippen LogP contribution in [0.5, 0.6) is 0 Å². The van der Waals surface area contributed by atoms with E-state index in [1.54, 1.807) is 24.3 Å². The summed E-state index contributed by atoms with van der Waals surface area (Å²) in [7, 11) is 0. The van der Waals surface area contributed by atoms with E-state index in [9.17, 15) is 4.39 Å². The Morgan fingerprint density at radius 3 is 2.81 bits per heavy atom. The molecule has 0 saturated carbocycles. The smallest absolute Gasteiger partial charge is 0.128 e. The molecule has 0 saturated heterocycles. The van der Waals surface area contributed by atoms with Crippen LogP contribution < -0.4 is 5.32 Å². The molecule has 1 N–H and O–H groups in total. The first kappa shape index (κ1) is 11.6. The minimum Gasteiger partial charge on any atom is -0.381 e. The SMILES string of the molecule is Cc1ccc(NCc2csc(Br)c2)cc1F. The summed E-state index contributed by atoms with van der Waals surface area (Å²) in [5, 5.41) is 5.26. The predicted octanol–water partition coefficient (Wildman–Crippen LogP) is 4.57. The molecule has 0 fully saturated rings. The number of hydrogen-bond acceptors (Lipinski definition) is 2. The summed E-state index contributed by atoms with van der Waals surface area (Å²) >= 11 is 5.06. The summed E-state index contributed by atoms with van der Waals surface area (Å²) in [6.07, 6.45) is 0. The third kappa shape index (κ3) is 2.83. The number of aryl methyl sites for hydroxylation is 1. The summed E-state index contributed by atoms with van der Waals surface area (Å²) < 4.78 is 14.4. The maximum atomic E-state index is 13.3. The van der Waals surface area contributed by atoms with Crippen molar-refractivity contribution in [2.75, 3.05) is 5.32 Å². The van der Waals surface area contributed by atoms with Crippen molar-refractivity contribution >= 4 is 33.0 Å². The Balaban J connectivity index is 2.02. The van der Waals surface area contributed by atoms with Gasteiger partial charge in [-0.1, -0.05) is 6.07 Å². The monoisotopic (exact) mass is 299 g/mol. The van der Waals surface area contributed by atoms with E-state index in [0.717, 1.165) is 9.47 Å². The van der Waals surface area contributed by atoms with Crippen molar-refractivity contribution in [3.8, 4) is 0 Å². The second-order valence-corrected chi connectivity index (χ2v) is 5.87. The van der Waals surface area contributed by atoms with E-state index < -0.39 is 0 Å². The van der Waals surface area contributed by atoms with E-state index in [0.29, 0.717) is 12.1 Å². The number of hydrogen-bond donors (Lipinski definition) is 1. The molecule has 0 unspecified atom stereocenters. The summed E-state index contributed by atoms with van der Waals surface area (Å²) in [6, 6.07) is 7.25. The van der Waals surface area contributed by atoms with Crippen molar-refractivity contribution in [3.63, 3.8) is 0 Å². The van der Waals surface area contributed by atoms with Crippen molar-refractivity contribution in [1.82, 2.24) is 0 Å². The fourth-order valence-corrected chi connectivity index (χ4v) is 2.55. The molecule has 0 aliphatic carbocycles. The van der Waals surface area contributed by atoms with Crippen LogP contribution in [0.15, 0.2) is 33.4 Å². The predicted molar refractivity (Wildman–Crippen MR) is 70.5 cm³/mol. The van der Waals surface area contributed by atoms with Crippen molar-refractivity contribution < 1.29 is 4.39 Å². The Kier molecular flexibility index (Phi) is 3.61. The second-order valence-electron chi connectivity index (χ2n) is 3.58. The van der Waals surface area contributed by atoms with Crippen LogP contribution in [0.4, 0.5) is 10.1 Å². The maximum absolute atomic E-state index is 13.3. The first-order valence-corrected chi connectivity index (χ1v) is 6.55. The van der Waals surface area contributed by atoms with Crippen LogP contribution in [0.2, 0.25) is 0 Å². The lowest BCUT2D eigenvalue weighted by molar-refractivity contribution is 0.619. The fraction of sp³-hybridized carbons (Fsp3) is 0.167. The molecule has 0 atom stereocenters. The van der Waals surface area contributed by atoms with Gasteiger partial charge in [0.1, 0.15) is 5.82 Å². The highest BCUT2D eigenvalue weighted by molar-refractivity contribution is 9.11. The van der Waals surface area contributed by atoms with Crippen LogP contribution >= 0.6 is 27.3 Å². The molecule has 1 heterocycles. The van der Waals surface area contributed by atoms with Crippen LogP contribution in [-0.4, -0.2) is 0 Å². The van der Waals surface area contributed by atoms with Crippen LogP contribution in [0, 0.1) is 12.7 Å². The van der Waals surface area contributed by atoms with Gasteiger partial charge in [0.05, 0.1) is 3.79 Å². The van der Waals surface area contributed by atoms with E-state index in [1.807, 2.05) is 6.07 Å². The molecule has 1 aromatic carbocycles. The zero-order valence-electron chi connectivity index (χ0n) is 8.76. The molecule has 0 radical (unpaired) electrons. The molecule has 84 valence electrons. The van der Waals surface area contributed by atoms with Crippen molar-refractivity contribution in [1.29, 1.82) is 0 Å². The molecule has 2 aromatic rings. The maximum Gasteiger partial charge on any atom is 0.128 e. The summed E-state index contributed by atoms with van der Waals surface area (Å²) in [4.78, 5) is 0. The third-order valence-electron chi connectivity index (χ3n) is 2.29. The standard InChI is InChI=1S/C12H11BrFNS/c1-8-2-3-10(5-11(8)14)15-6-9-4-12(13)16-7-9/h2-5,7,15H,6H2,1H3. The van der Waals surface area contributed by atoms with Gasteiger partial charge < -0.3 is 5.32 Å². The lowest BCUT2D eigenvalue weighted by atomic mass is 10.2. The Morgan fingerprint density at radius 1 is 1.38 bits per heavy atom. The Morgan fingerprint density at radius 2 is 2.19 bits per heavy atom. The lowest BCUT2D eigenvalue weighted by Gasteiger charge is -2.06. The number of rotatable bonds is 3.